The van der Waals surface area contributed by atoms with Crippen molar-refractivity contribution in [2.75, 3.05) is 6.54 Å². The summed E-state index contributed by atoms with van der Waals surface area (Å²) in [4.78, 5) is 50.6. The minimum absolute atomic E-state index is 0.210. The molecule has 5 amide bonds. The summed E-state index contributed by atoms with van der Waals surface area (Å²) < 4.78 is 0. The van der Waals surface area contributed by atoms with Gasteiger partial charge in [0.05, 0.1) is 0 Å². The van der Waals surface area contributed by atoms with Crippen molar-refractivity contribution in [3.05, 3.63) is 69.2 Å². The Morgan fingerprint density at radius 2 is 1.91 bits per heavy atom. The number of carbonyl (C=O) groups is 4. The minimum Gasteiger partial charge on any atom is -0.338 e. The molecule has 178 valence electrons. The predicted molar refractivity (Wildman–Crippen MR) is 127 cm³/mol. The lowest BCUT2D eigenvalue weighted by Crippen LogP contribution is -2.46. The van der Waals surface area contributed by atoms with Crippen molar-refractivity contribution in [2.45, 2.75) is 51.7 Å². The monoisotopic (exact) mass is 482 g/mol. The van der Waals surface area contributed by atoms with E-state index in [0.29, 0.717) is 49.5 Å². The van der Waals surface area contributed by atoms with Crippen LogP contribution in [0.4, 0.5) is 4.79 Å². The number of hydrogen-bond donors (Lipinski definition) is 3. The second kappa shape index (κ2) is 10.3. The van der Waals surface area contributed by atoms with Crippen LogP contribution in [-0.2, 0) is 29.1 Å². The maximum Gasteiger partial charge on any atom is 0.315 e. The number of imide groups is 1. The Labute approximate surface area is 203 Å². The number of urea groups is 1. The summed E-state index contributed by atoms with van der Waals surface area (Å²) >= 11 is 6.14. The smallest absolute Gasteiger partial charge is 0.315 e. The lowest BCUT2D eigenvalue weighted by Gasteiger charge is -2.24. The van der Waals surface area contributed by atoms with Gasteiger partial charge < -0.3 is 15.5 Å². The number of hydrogen-bond acceptors (Lipinski definition) is 4. The first-order valence-electron chi connectivity index (χ1n) is 11.3. The summed E-state index contributed by atoms with van der Waals surface area (Å²) in [5, 5.41) is 8.73. The van der Waals surface area contributed by atoms with Crippen molar-refractivity contribution >= 4 is 35.4 Å². The molecule has 9 heteroatoms. The van der Waals surface area contributed by atoms with E-state index in [1.807, 2.05) is 31.2 Å². The van der Waals surface area contributed by atoms with Gasteiger partial charge in [0.25, 0.3) is 5.91 Å². The number of nitrogens with zero attached hydrogens (tertiary/aromatic N) is 1. The molecule has 0 spiro atoms. The molecule has 0 aromatic heterocycles. The number of carbonyl (C=O) groups excluding carboxylic acids is 4. The normalized spacial score (nSPS) is 17.8. The average Bonchev–Trinajstić information content (AvgIpc) is 3.02. The highest BCUT2D eigenvalue weighted by Gasteiger charge is 2.37. The van der Waals surface area contributed by atoms with E-state index in [1.165, 1.54) is 4.90 Å². The Morgan fingerprint density at radius 1 is 1.12 bits per heavy atom. The zero-order valence-electron chi connectivity index (χ0n) is 18.9. The van der Waals surface area contributed by atoms with Crippen LogP contribution in [0, 0.1) is 6.92 Å². The van der Waals surface area contributed by atoms with E-state index in [0.717, 1.165) is 22.3 Å². The molecule has 0 radical (unpaired) electrons. The molecule has 0 saturated carbocycles. The summed E-state index contributed by atoms with van der Waals surface area (Å²) in [6.45, 7) is 3.03. The van der Waals surface area contributed by atoms with Crippen LogP contribution in [0.1, 0.15) is 51.9 Å². The molecule has 1 fully saturated rings. The third-order valence-corrected chi connectivity index (χ3v) is 6.62. The van der Waals surface area contributed by atoms with Crippen LogP contribution in [0.2, 0.25) is 5.02 Å². The molecule has 4 rings (SSSR count). The van der Waals surface area contributed by atoms with E-state index in [9.17, 15) is 19.2 Å². The number of nitrogens with one attached hydrogen (secondary N) is 3. The van der Waals surface area contributed by atoms with E-state index in [-0.39, 0.29) is 24.3 Å². The standard InChI is InChI=1S/C25H27ClN4O4/c1-15-5-6-16(12-20(15)26)9-10-27-25(34)28-13-17-7-8-19-18(11-17)14-30(24(19)33)21-3-2-4-22(31)29-23(21)32/h5-8,11-12,21H,2-4,9-10,13-14H2,1H3,(H2,27,28,34)(H,29,31,32). The fraction of sp³-hybridized carbons (Fsp3) is 0.360. The zero-order chi connectivity index (χ0) is 24.2. The molecule has 34 heavy (non-hydrogen) atoms. The highest BCUT2D eigenvalue weighted by Crippen LogP contribution is 2.28. The van der Waals surface area contributed by atoms with Crippen LogP contribution < -0.4 is 16.0 Å². The van der Waals surface area contributed by atoms with Crippen molar-refractivity contribution in [3.63, 3.8) is 0 Å². The SMILES string of the molecule is Cc1ccc(CCNC(=O)NCc2ccc3c(c2)CN(C2CCCC(=O)NC2=O)C3=O)cc1Cl. The summed E-state index contributed by atoms with van der Waals surface area (Å²) in [7, 11) is 0. The maximum atomic E-state index is 12.9. The summed E-state index contributed by atoms with van der Waals surface area (Å²) in [5.74, 6) is -0.931. The van der Waals surface area contributed by atoms with Gasteiger partial charge >= 0.3 is 6.03 Å². The number of benzene rings is 2. The first kappa shape index (κ1) is 23.8. The second-order valence-electron chi connectivity index (χ2n) is 8.69. The topological polar surface area (TPSA) is 108 Å². The van der Waals surface area contributed by atoms with Gasteiger partial charge in [0.2, 0.25) is 11.8 Å². The van der Waals surface area contributed by atoms with Gasteiger partial charge in [-0.3, -0.25) is 19.7 Å². The number of amides is 5. The zero-order valence-corrected chi connectivity index (χ0v) is 19.7. The van der Waals surface area contributed by atoms with E-state index >= 15 is 0 Å². The maximum absolute atomic E-state index is 12.9. The largest absolute Gasteiger partial charge is 0.338 e. The van der Waals surface area contributed by atoms with Gasteiger partial charge in [-0.2, -0.15) is 0 Å². The van der Waals surface area contributed by atoms with Crippen molar-refractivity contribution < 1.29 is 19.2 Å². The average molecular weight is 483 g/mol. The van der Waals surface area contributed by atoms with E-state index < -0.39 is 11.9 Å². The number of fused-ring (bicyclic) bond motifs is 1. The lowest BCUT2D eigenvalue weighted by molar-refractivity contribution is -0.132. The summed E-state index contributed by atoms with van der Waals surface area (Å²) in [6.07, 6.45) is 1.97. The molecular formula is C25H27ClN4O4. The van der Waals surface area contributed by atoms with Crippen molar-refractivity contribution in [1.82, 2.24) is 20.9 Å². The third-order valence-electron chi connectivity index (χ3n) is 6.21. The quantitative estimate of drug-likeness (QED) is 0.550. The molecule has 2 aromatic rings. The number of halogens is 1. The first-order valence-corrected chi connectivity index (χ1v) is 11.7. The Hall–Kier alpha value is -3.39. The van der Waals surface area contributed by atoms with Gasteiger partial charge in [0.15, 0.2) is 0 Å². The molecule has 1 saturated heterocycles. The number of aryl methyl sites for hydroxylation is 1. The fourth-order valence-corrected chi connectivity index (χ4v) is 4.49. The molecule has 0 aliphatic carbocycles. The van der Waals surface area contributed by atoms with Crippen LogP contribution in [0.5, 0.6) is 0 Å². The van der Waals surface area contributed by atoms with Gasteiger partial charge in [0.1, 0.15) is 6.04 Å². The summed E-state index contributed by atoms with van der Waals surface area (Å²) in [6, 6.07) is 10.3. The van der Waals surface area contributed by atoms with E-state index in [1.54, 1.807) is 12.1 Å². The molecule has 1 unspecified atom stereocenters. The highest BCUT2D eigenvalue weighted by atomic mass is 35.5. The van der Waals surface area contributed by atoms with Crippen LogP contribution in [0.3, 0.4) is 0 Å². The molecule has 3 N–H and O–H groups in total. The van der Waals surface area contributed by atoms with Crippen LogP contribution in [0.15, 0.2) is 36.4 Å². The van der Waals surface area contributed by atoms with Crippen molar-refractivity contribution in [1.29, 1.82) is 0 Å². The Balaban J connectivity index is 1.29. The molecule has 1 atom stereocenters. The van der Waals surface area contributed by atoms with Crippen LogP contribution >= 0.6 is 11.6 Å². The molecular weight excluding hydrogens is 456 g/mol. The van der Waals surface area contributed by atoms with Crippen molar-refractivity contribution in [3.8, 4) is 0 Å². The molecule has 8 nitrogen and oxygen atoms in total. The molecule has 2 aromatic carbocycles. The van der Waals surface area contributed by atoms with E-state index in [2.05, 4.69) is 16.0 Å². The predicted octanol–water partition coefficient (Wildman–Crippen LogP) is 2.84. The molecule has 2 heterocycles. The lowest BCUT2D eigenvalue weighted by atomic mass is 10.1. The van der Waals surface area contributed by atoms with Crippen LogP contribution in [0.25, 0.3) is 0 Å². The first-order chi connectivity index (χ1) is 16.3. The molecule has 0 bridgehead atoms. The Bertz CT molecular complexity index is 1150. The van der Waals surface area contributed by atoms with Gasteiger partial charge in [-0.1, -0.05) is 35.9 Å². The van der Waals surface area contributed by atoms with Gasteiger partial charge in [-0.15, -0.1) is 0 Å². The Morgan fingerprint density at radius 3 is 2.71 bits per heavy atom. The molecule has 2 aliphatic rings. The van der Waals surface area contributed by atoms with Gasteiger partial charge in [-0.25, -0.2) is 4.79 Å². The molecule has 2 aliphatic heterocycles. The minimum atomic E-state index is -0.651. The Kier molecular flexibility index (Phi) is 7.17. The summed E-state index contributed by atoms with van der Waals surface area (Å²) in [5.41, 5.74) is 4.28. The third kappa shape index (κ3) is 5.39. The van der Waals surface area contributed by atoms with Gasteiger partial charge in [-0.05, 0) is 60.6 Å². The fourth-order valence-electron chi connectivity index (χ4n) is 4.28. The highest BCUT2D eigenvalue weighted by molar-refractivity contribution is 6.31. The second-order valence-corrected chi connectivity index (χ2v) is 9.10. The van der Waals surface area contributed by atoms with E-state index in [4.69, 9.17) is 11.6 Å². The number of rotatable bonds is 6. The van der Waals surface area contributed by atoms with Crippen LogP contribution in [-0.4, -0.2) is 41.2 Å². The van der Waals surface area contributed by atoms with Gasteiger partial charge in [0, 0.05) is 36.6 Å². The van der Waals surface area contributed by atoms with Crippen molar-refractivity contribution in [2.24, 2.45) is 0 Å².